The monoisotopic (exact) mass is 465 g/mol. The molecular weight excluding hydrogens is 442 g/mol. The number of hydrazone groups is 1. The molecule has 0 aliphatic carbocycles. The molecule has 1 aromatic heterocycles. The number of carbonyl (C=O) groups is 2. The first-order valence-corrected chi connectivity index (χ1v) is 11.2. The lowest BCUT2D eigenvalue weighted by molar-refractivity contribution is -0.136. The van der Waals surface area contributed by atoms with Gasteiger partial charge in [-0.3, -0.25) is 4.79 Å². The van der Waals surface area contributed by atoms with Crippen LogP contribution in [-0.2, 0) is 9.53 Å². The van der Waals surface area contributed by atoms with Gasteiger partial charge in [0.25, 0.3) is 5.91 Å². The van der Waals surface area contributed by atoms with E-state index >= 15 is 0 Å². The number of esters is 1. The molecule has 1 aliphatic rings. The Bertz CT molecular complexity index is 1400. The number of pyridine rings is 1. The van der Waals surface area contributed by atoms with Crippen LogP contribution in [0, 0.1) is 0 Å². The SMILES string of the molecule is COc1ccc(C2CC(c3ccccc3)=NN2C(=O)COC(=O)c2ccc3ccccc3n2)cc1. The average Bonchev–Trinajstić information content (AvgIpc) is 3.37. The number of nitrogens with zero attached hydrogens (tertiary/aromatic N) is 3. The molecule has 1 atom stereocenters. The fourth-order valence-electron chi connectivity index (χ4n) is 4.08. The fourth-order valence-corrected chi connectivity index (χ4v) is 4.08. The summed E-state index contributed by atoms with van der Waals surface area (Å²) in [5.41, 5.74) is 3.49. The Morgan fingerprint density at radius 2 is 1.66 bits per heavy atom. The number of hydrogen-bond acceptors (Lipinski definition) is 6. The number of amides is 1. The topological polar surface area (TPSA) is 81.1 Å². The van der Waals surface area contributed by atoms with E-state index in [1.165, 1.54) is 5.01 Å². The van der Waals surface area contributed by atoms with E-state index in [2.05, 4.69) is 10.1 Å². The summed E-state index contributed by atoms with van der Waals surface area (Å²) >= 11 is 0. The molecule has 4 aromatic rings. The first kappa shape index (κ1) is 22.3. The molecule has 7 nitrogen and oxygen atoms in total. The normalized spacial score (nSPS) is 15.1. The Kier molecular flexibility index (Phi) is 6.22. The maximum atomic E-state index is 13.2. The van der Waals surface area contributed by atoms with Gasteiger partial charge in [-0.15, -0.1) is 0 Å². The van der Waals surface area contributed by atoms with Gasteiger partial charge in [-0.1, -0.05) is 66.7 Å². The third-order valence-electron chi connectivity index (χ3n) is 5.91. The van der Waals surface area contributed by atoms with Crippen LogP contribution >= 0.6 is 0 Å². The number of hydrogen-bond donors (Lipinski definition) is 0. The Balaban J connectivity index is 1.35. The van der Waals surface area contributed by atoms with Gasteiger partial charge in [-0.2, -0.15) is 5.10 Å². The van der Waals surface area contributed by atoms with Crippen LogP contribution in [-0.4, -0.2) is 41.3 Å². The van der Waals surface area contributed by atoms with Crippen molar-refractivity contribution in [1.29, 1.82) is 0 Å². The molecule has 7 heteroatoms. The van der Waals surface area contributed by atoms with Crippen molar-refractivity contribution in [3.8, 4) is 5.75 Å². The maximum absolute atomic E-state index is 13.2. The smallest absolute Gasteiger partial charge is 0.357 e. The highest BCUT2D eigenvalue weighted by atomic mass is 16.5. The van der Waals surface area contributed by atoms with Crippen molar-refractivity contribution in [1.82, 2.24) is 9.99 Å². The van der Waals surface area contributed by atoms with Gasteiger partial charge in [-0.05, 0) is 35.4 Å². The van der Waals surface area contributed by atoms with Crippen molar-refractivity contribution in [2.75, 3.05) is 13.7 Å². The molecule has 1 unspecified atom stereocenters. The highest BCUT2D eigenvalue weighted by Crippen LogP contribution is 2.33. The summed E-state index contributed by atoms with van der Waals surface area (Å²) in [5.74, 6) is -0.340. The van der Waals surface area contributed by atoms with Gasteiger partial charge in [-0.25, -0.2) is 14.8 Å². The van der Waals surface area contributed by atoms with E-state index in [0.717, 1.165) is 28.0 Å². The summed E-state index contributed by atoms with van der Waals surface area (Å²) in [5, 5.41) is 6.94. The number of methoxy groups -OCH3 is 1. The lowest BCUT2D eigenvalue weighted by Gasteiger charge is -2.22. The second-order valence-corrected chi connectivity index (χ2v) is 8.11. The molecule has 0 N–H and O–H groups in total. The Labute approximate surface area is 202 Å². The molecule has 0 bridgehead atoms. The summed E-state index contributed by atoms with van der Waals surface area (Å²) in [6, 6.07) is 27.8. The van der Waals surface area contributed by atoms with E-state index in [4.69, 9.17) is 9.47 Å². The molecule has 1 amide bonds. The number of benzene rings is 3. The van der Waals surface area contributed by atoms with Crippen LogP contribution in [0.1, 0.15) is 34.1 Å². The molecule has 1 aliphatic heterocycles. The van der Waals surface area contributed by atoms with Crippen LogP contribution in [0.3, 0.4) is 0 Å². The third kappa shape index (κ3) is 4.75. The van der Waals surface area contributed by atoms with Crippen molar-refractivity contribution in [2.45, 2.75) is 12.5 Å². The molecule has 0 spiro atoms. The van der Waals surface area contributed by atoms with Crippen LogP contribution < -0.4 is 4.74 Å². The molecule has 0 saturated heterocycles. The molecule has 0 radical (unpaired) electrons. The van der Waals surface area contributed by atoms with Crippen molar-refractivity contribution in [3.63, 3.8) is 0 Å². The highest BCUT2D eigenvalue weighted by Gasteiger charge is 2.33. The molecule has 5 rings (SSSR count). The second-order valence-electron chi connectivity index (χ2n) is 8.11. The minimum atomic E-state index is -0.656. The predicted octanol–water partition coefficient (Wildman–Crippen LogP) is 4.78. The summed E-state index contributed by atoms with van der Waals surface area (Å²) in [6.45, 7) is -0.439. The number of carbonyl (C=O) groups excluding carboxylic acids is 2. The van der Waals surface area contributed by atoms with Gasteiger partial charge in [0.1, 0.15) is 11.4 Å². The van der Waals surface area contributed by atoms with Crippen molar-refractivity contribution in [2.24, 2.45) is 5.10 Å². The van der Waals surface area contributed by atoms with E-state index in [1.807, 2.05) is 78.9 Å². The molecule has 0 saturated carbocycles. The van der Waals surface area contributed by atoms with Crippen LogP contribution in [0.25, 0.3) is 10.9 Å². The quantitative estimate of drug-likeness (QED) is 0.383. The zero-order valence-electron chi connectivity index (χ0n) is 19.1. The highest BCUT2D eigenvalue weighted by molar-refractivity contribution is 6.03. The number of rotatable bonds is 6. The Morgan fingerprint density at radius 1 is 0.914 bits per heavy atom. The van der Waals surface area contributed by atoms with Gasteiger partial charge < -0.3 is 9.47 Å². The summed E-state index contributed by atoms with van der Waals surface area (Å²) in [6.07, 6.45) is 0.544. The van der Waals surface area contributed by atoms with E-state index in [1.54, 1.807) is 19.2 Å². The fraction of sp³-hybridized carbons (Fsp3) is 0.143. The van der Waals surface area contributed by atoms with Crippen LogP contribution in [0.2, 0.25) is 0 Å². The number of aromatic nitrogens is 1. The van der Waals surface area contributed by atoms with Gasteiger partial charge in [0, 0.05) is 11.8 Å². The summed E-state index contributed by atoms with van der Waals surface area (Å²) < 4.78 is 10.6. The number of ether oxygens (including phenoxy) is 2. The molecule has 174 valence electrons. The summed E-state index contributed by atoms with van der Waals surface area (Å²) in [7, 11) is 1.61. The molecular formula is C28H23N3O4. The third-order valence-corrected chi connectivity index (χ3v) is 5.91. The minimum Gasteiger partial charge on any atom is -0.497 e. The maximum Gasteiger partial charge on any atom is 0.357 e. The first-order valence-electron chi connectivity index (χ1n) is 11.2. The Hall–Kier alpha value is -4.52. The van der Waals surface area contributed by atoms with Gasteiger partial charge in [0.15, 0.2) is 6.61 Å². The largest absolute Gasteiger partial charge is 0.497 e. The van der Waals surface area contributed by atoms with Crippen molar-refractivity contribution >= 4 is 28.5 Å². The lowest BCUT2D eigenvalue weighted by atomic mass is 9.98. The standard InChI is InChI=1S/C28H23N3O4/c1-34-22-14-11-21(12-15-22)26-17-25(19-7-3-2-4-8-19)30-31(26)27(32)18-35-28(33)24-16-13-20-9-5-6-10-23(20)29-24/h2-16,26H,17-18H2,1H3. The lowest BCUT2D eigenvalue weighted by Crippen LogP contribution is -2.31. The minimum absolute atomic E-state index is 0.151. The van der Waals surface area contributed by atoms with E-state index in [-0.39, 0.29) is 11.7 Å². The molecule has 35 heavy (non-hydrogen) atoms. The number of para-hydroxylation sites is 1. The Morgan fingerprint density at radius 3 is 2.43 bits per heavy atom. The van der Waals surface area contributed by atoms with Crippen LogP contribution in [0.4, 0.5) is 0 Å². The van der Waals surface area contributed by atoms with Gasteiger partial charge in [0.2, 0.25) is 0 Å². The molecule has 2 heterocycles. The van der Waals surface area contributed by atoms with Crippen molar-refractivity contribution in [3.05, 3.63) is 108 Å². The predicted molar refractivity (Wildman–Crippen MR) is 132 cm³/mol. The van der Waals surface area contributed by atoms with Crippen LogP contribution in [0.15, 0.2) is 96.1 Å². The van der Waals surface area contributed by atoms with E-state index in [9.17, 15) is 9.59 Å². The zero-order valence-corrected chi connectivity index (χ0v) is 19.1. The summed E-state index contributed by atoms with van der Waals surface area (Å²) in [4.78, 5) is 30.1. The molecule has 3 aromatic carbocycles. The molecule has 0 fully saturated rings. The van der Waals surface area contributed by atoms with E-state index < -0.39 is 18.5 Å². The van der Waals surface area contributed by atoms with E-state index in [0.29, 0.717) is 11.9 Å². The van der Waals surface area contributed by atoms with Crippen LogP contribution in [0.5, 0.6) is 5.75 Å². The average molecular weight is 466 g/mol. The zero-order chi connectivity index (χ0) is 24.2. The second kappa shape index (κ2) is 9.77. The van der Waals surface area contributed by atoms with Gasteiger partial charge in [0.05, 0.1) is 24.4 Å². The first-order chi connectivity index (χ1) is 17.1. The van der Waals surface area contributed by atoms with Gasteiger partial charge >= 0.3 is 5.97 Å². The van der Waals surface area contributed by atoms with Crippen molar-refractivity contribution < 1.29 is 19.1 Å². The number of fused-ring (bicyclic) bond motifs is 1.